The van der Waals surface area contributed by atoms with Gasteiger partial charge in [-0.3, -0.25) is 14.8 Å². The van der Waals surface area contributed by atoms with Crippen LogP contribution in [0.25, 0.3) is 10.9 Å². The highest BCUT2D eigenvalue weighted by atomic mass is 19.4. The number of pyridine rings is 2. The molecule has 0 saturated carbocycles. The van der Waals surface area contributed by atoms with Crippen LogP contribution in [0.4, 0.5) is 18.9 Å². The molecule has 0 bridgehead atoms. The summed E-state index contributed by atoms with van der Waals surface area (Å²) in [5.74, 6) is 0.108. The molecule has 2 fully saturated rings. The third-order valence-electron chi connectivity index (χ3n) is 6.62. The number of carbonyl (C=O) groups excluding carboxylic acids is 1. The van der Waals surface area contributed by atoms with Crippen LogP contribution in [-0.2, 0) is 17.5 Å². The molecule has 0 radical (unpaired) electrons. The molecule has 8 heteroatoms. The van der Waals surface area contributed by atoms with Gasteiger partial charge in [-0.1, -0.05) is 6.07 Å². The van der Waals surface area contributed by atoms with Gasteiger partial charge < -0.3 is 9.80 Å². The first-order valence-corrected chi connectivity index (χ1v) is 10.7. The summed E-state index contributed by atoms with van der Waals surface area (Å²) in [6.07, 6.45) is -1.28. The summed E-state index contributed by atoms with van der Waals surface area (Å²) >= 11 is 0. The van der Waals surface area contributed by atoms with Crippen molar-refractivity contribution in [2.75, 3.05) is 24.5 Å². The lowest BCUT2D eigenvalue weighted by molar-refractivity contribution is -0.137. The van der Waals surface area contributed by atoms with Crippen molar-refractivity contribution < 1.29 is 18.0 Å². The first kappa shape index (κ1) is 20.7. The number of aryl methyl sites for hydroxylation is 1. The molecule has 3 aromatic rings. The fraction of sp³-hybridized carbons (Fsp3) is 0.375. The monoisotopic (exact) mass is 440 g/mol. The number of hydrogen-bond acceptors (Lipinski definition) is 4. The van der Waals surface area contributed by atoms with E-state index in [9.17, 15) is 18.0 Å². The summed E-state index contributed by atoms with van der Waals surface area (Å²) in [5.41, 5.74) is 1.64. The molecule has 5 nitrogen and oxygen atoms in total. The lowest BCUT2D eigenvalue weighted by Crippen LogP contribution is -2.36. The Hall–Kier alpha value is -3.16. The third kappa shape index (κ3) is 3.57. The van der Waals surface area contributed by atoms with Crippen molar-refractivity contribution in [1.29, 1.82) is 0 Å². The molecule has 2 saturated heterocycles. The number of fused-ring (bicyclic) bond motifs is 1. The molecule has 0 N–H and O–H groups in total. The number of alkyl halides is 3. The first-order valence-electron chi connectivity index (χ1n) is 10.7. The summed E-state index contributed by atoms with van der Waals surface area (Å²) in [6.45, 7) is 4.10. The Labute approximate surface area is 183 Å². The summed E-state index contributed by atoms with van der Waals surface area (Å²) in [6, 6.07) is 11.1. The maximum absolute atomic E-state index is 13.3. The summed E-state index contributed by atoms with van der Waals surface area (Å²) < 4.78 is 40.0. The van der Waals surface area contributed by atoms with Gasteiger partial charge in [0.2, 0.25) is 5.91 Å². The molecule has 1 unspecified atom stereocenters. The molecule has 32 heavy (non-hydrogen) atoms. The van der Waals surface area contributed by atoms with Crippen LogP contribution in [0.1, 0.15) is 29.8 Å². The van der Waals surface area contributed by atoms with Crippen LogP contribution < -0.4 is 4.90 Å². The Bertz CT molecular complexity index is 1180. The van der Waals surface area contributed by atoms with Crippen molar-refractivity contribution in [3.63, 3.8) is 0 Å². The number of nitrogens with zero attached hydrogens (tertiary/aromatic N) is 4. The van der Waals surface area contributed by atoms with Gasteiger partial charge in [-0.2, -0.15) is 13.2 Å². The van der Waals surface area contributed by atoms with Crippen LogP contribution in [0.2, 0.25) is 0 Å². The van der Waals surface area contributed by atoms with Crippen molar-refractivity contribution in [3.05, 3.63) is 65.6 Å². The van der Waals surface area contributed by atoms with Crippen LogP contribution in [0.3, 0.4) is 0 Å². The second kappa shape index (κ2) is 7.46. The van der Waals surface area contributed by atoms with Crippen LogP contribution >= 0.6 is 0 Å². The maximum atomic E-state index is 13.3. The van der Waals surface area contributed by atoms with E-state index in [4.69, 9.17) is 0 Å². The molecule has 1 aromatic carbocycles. The van der Waals surface area contributed by atoms with Gasteiger partial charge in [0.1, 0.15) is 0 Å². The highest BCUT2D eigenvalue weighted by Gasteiger charge is 2.51. The number of halogens is 3. The van der Waals surface area contributed by atoms with Crippen LogP contribution in [-0.4, -0.2) is 40.4 Å². The van der Waals surface area contributed by atoms with Gasteiger partial charge in [-0.05, 0) is 56.2 Å². The highest BCUT2D eigenvalue weighted by Crippen LogP contribution is 2.44. The minimum atomic E-state index is -4.42. The molecular weight excluding hydrogens is 417 g/mol. The molecule has 2 aromatic heterocycles. The van der Waals surface area contributed by atoms with E-state index >= 15 is 0 Å². The van der Waals surface area contributed by atoms with Gasteiger partial charge in [0.25, 0.3) is 0 Å². The molecule has 2 aliphatic rings. The lowest BCUT2D eigenvalue weighted by Gasteiger charge is -2.25. The van der Waals surface area contributed by atoms with Crippen LogP contribution in [0.5, 0.6) is 0 Å². The van der Waals surface area contributed by atoms with Crippen LogP contribution in [0, 0.1) is 12.3 Å². The maximum Gasteiger partial charge on any atom is 0.416 e. The van der Waals surface area contributed by atoms with E-state index in [0.717, 1.165) is 23.9 Å². The predicted molar refractivity (Wildman–Crippen MR) is 115 cm³/mol. The van der Waals surface area contributed by atoms with E-state index in [-0.39, 0.29) is 5.91 Å². The van der Waals surface area contributed by atoms with Crippen molar-refractivity contribution in [3.8, 4) is 0 Å². The quantitative estimate of drug-likeness (QED) is 0.598. The van der Waals surface area contributed by atoms with E-state index in [0.29, 0.717) is 49.2 Å². The zero-order valence-corrected chi connectivity index (χ0v) is 17.7. The zero-order valence-electron chi connectivity index (χ0n) is 17.7. The SMILES string of the molecule is Cc1cc(N2CCC3(CCN(Cc4ccccn4)C3=O)C2)c2cc(C(F)(F)F)ccc2n1. The minimum absolute atomic E-state index is 0.108. The molecule has 0 aliphatic carbocycles. The van der Waals surface area contributed by atoms with Crippen molar-refractivity contribution in [2.45, 2.75) is 32.5 Å². The van der Waals surface area contributed by atoms with Gasteiger partial charge in [0.15, 0.2) is 0 Å². The molecule has 1 atom stereocenters. The number of rotatable bonds is 3. The van der Waals surface area contributed by atoms with Crippen molar-refractivity contribution >= 4 is 22.5 Å². The molecule has 166 valence electrons. The largest absolute Gasteiger partial charge is 0.416 e. The Morgan fingerprint density at radius 1 is 1.09 bits per heavy atom. The number of amides is 1. The van der Waals surface area contributed by atoms with Gasteiger partial charge in [-0.15, -0.1) is 0 Å². The van der Waals surface area contributed by atoms with Gasteiger partial charge in [0.05, 0.1) is 28.7 Å². The standard InChI is InChI=1S/C24H23F3N4O/c1-16-12-21(19-13-17(24(25,26)27)5-6-20(19)29-16)31-11-8-23(15-31)7-10-30(22(23)32)14-18-4-2-3-9-28-18/h2-6,9,12-13H,7-8,10-11,14-15H2,1H3. The average molecular weight is 440 g/mol. The van der Waals surface area contributed by atoms with E-state index in [1.165, 1.54) is 12.1 Å². The van der Waals surface area contributed by atoms with E-state index in [2.05, 4.69) is 14.9 Å². The van der Waals surface area contributed by atoms with Gasteiger partial charge >= 0.3 is 6.18 Å². The van der Waals surface area contributed by atoms with Crippen LogP contribution in [0.15, 0.2) is 48.7 Å². The van der Waals surface area contributed by atoms with Crippen molar-refractivity contribution in [2.24, 2.45) is 5.41 Å². The first-order chi connectivity index (χ1) is 15.2. The topological polar surface area (TPSA) is 49.3 Å². The van der Waals surface area contributed by atoms with Crippen molar-refractivity contribution in [1.82, 2.24) is 14.9 Å². The predicted octanol–water partition coefficient (Wildman–Crippen LogP) is 4.59. The number of benzene rings is 1. The zero-order chi connectivity index (χ0) is 22.5. The normalized spacial score (nSPS) is 21.3. The number of anilines is 1. The number of carbonyl (C=O) groups is 1. The molecule has 5 rings (SSSR count). The molecule has 2 aliphatic heterocycles. The van der Waals surface area contributed by atoms with Gasteiger partial charge in [-0.25, -0.2) is 0 Å². The number of aromatic nitrogens is 2. The molecule has 1 amide bonds. The highest BCUT2D eigenvalue weighted by molar-refractivity contribution is 5.94. The second-order valence-corrected chi connectivity index (χ2v) is 8.76. The number of likely N-dealkylation sites (tertiary alicyclic amines) is 1. The smallest absolute Gasteiger partial charge is 0.370 e. The van der Waals surface area contributed by atoms with Gasteiger partial charge in [0, 0.05) is 42.6 Å². The Kier molecular flexibility index (Phi) is 4.83. The Morgan fingerprint density at radius 3 is 2.66 bits per heavy atom. The molecule has 4 heterocycles. The Morgan fingerprint density at radius 2 is 1.91 bits per heavy atom. The van der Waals surface area contributed by atoms with E-state index in [1.807, 2.05) is 36.1 Å². The second-order valence-electron chi connectivity index (χ2n) is 8.76. The number of hydrogen-bond donors (Lipinski definition) is 0. The molecule has 1 spiro atoms. The fourth-order valence-electron chi connectivity index (χ4n) is 4.96. The third-order valence-corrected chi connectivity index (χ3v) is 6.62. The average Bonchev–Trinajstić information content (AvgIpc) is 3.32. The Balaban J connectivity index is 1.43. The summed E-state index contributed by atoms with van der Waals surface area (Å²) in [4.78, 5) is 26.0. The lowest BCUT2D eigenvalue weighted by atomic mass is 9.85. The molecular formula is C24H23F3N4O. The summed E-state index contributed by atoms with van der Waals surface area (Å²) in [7, 11) is 0. The van der Waals surface area contributed by atoms with E-state index < -0.39 is 17.2 Å². The minimum Gasteiger partial charge on any atom is -0.370 e. The summed E-state index contributed by atoms with van der Waals surface area (Å²) in [5, 5.41) is 0.471. The van der Waals surface area contributed by atoms with E-state index in [1.54, 1.807) is 6.20 Å². The fourth-order valence-corrected chi connectivity index (χ4v) is 4.96.